The molecule has 2 heterocycles. The first-order valence-corrected chi connectivity index (χ1v) is 9.51. The van der Waals surface area contributed by atoms with Crippen LogP contribution in [0.3, 0.4) is 0 Å². The Hall–Kier alpha value is -2.94. The number of aromatic amines is 1. The molecule has 0 spiro atoms. The first-order chi connectivity index (χ1) is 12.3. The van der Waals surface area contributed by atoms with Crippen LogP contribution >= 0.6 is 0 Å². The molecular weight excluding hydrogens is 352 g/mol. The molecule has 0 radical (unpaired) electrons. The van der Waals surface area contributed by atoms with Crippen LogP contribution in [0.1, 0.15) is 22.5 Å². The van der Waals surface area contributed by atoms with Crippen LogP contribution in [0.2, 0.25) is 0 Å². The molecule has 0 unspecified atom stereocenters. The predicted molar refractivity (Wildman–Crippen MR) is 99.4 cm³/mol. The lowest BCUT2D eigenvalue weighted by atomic mass is 10.1. The van der Waals surface area contributed by atoms with Gasteiger partial charge in [0.2, 0.25) is 0 Å². The molecule has 3 rings (SSSR count). The number of anilines is 2. The van der Waals surface area contributed by atoms with Crippen molar-refractivity contribution >= 4 is 21.7 Å². The summed E-state index contributed by atoms with van der Waals surface area (Å²) in [6, 6.07) is 11.4. The van der Waals surface area contributed by atoms with Crippen molar-refractivity contribution in [1.29, 1.82) is 0 Å². The van der Waals surface area contributed by atoms with Gasteiger partial charge >= 0.3 is 0 Å². The summed E-state index contributed by atoms with van der Waals surface area (Å²) in [6.45, 7) is 5.92. The van der Waals surface area contributed by atoms with Crippen LogP contribution in [-0.4, -0.2) is 28.8 Å². The third kappa shape index (κ3) is 3.99. The second-order valence-electron chi connectivity index (χ2n) is 6.02. The van der Waals surface area contributed by atoms with E-state index < -0.39 is 10.0 Å². The van der Waals surface area contributed by atoms with Gasteiger partial charge in [0.25, 0.3) is 10.0 Å². The van der Waals surface area contributed by atoms with E-state index in [2.05, 4.69) is 36.5 Å². The summed E-state index contributed by atoms with van der Waals surface area (Å²) < 4.78 is 27.4. The van der Waals surface area contributed by atoms with Gasteiger partial charge in [-0.05, 0) is 38.5 Å². The molecule has 3 N–H and O–H groups in total. The number of aryl methyl sites for hydroxylation is 3. The Labute approximate surface area is 152 Å². The fourth-order valence-corrected chi connectivity index (χ4v) is 3.99. The number of nitrogens with zero attached hydrogens (tertiary/aromatic N) is 3. The van der Waals surface area contributed by atoms with E-state index in [4.69, 9.17) is 0 Å². The topological polar surface area (TPSA) is 113 Å². The summed E-state index contributed by atoms with van der Waals surface area (Å²) in [7, 11) is -3.77. The van der Waals surface area contributed by atoms with Gasteiger partial charge in [-0.1, -0.05) is 29.8 Å². The van der Waals surface area contributed by atoms with Crippen LogP contribution in [0.15, 0.2) is 41.3 Å². The molecule has 3 aromatic rings. The predicted octanol–water partition coefficient (Wildman–Crippen LogP) is 2.54. The van der Waals surface area contributed by atoms with E-state index in [-0.39, 0.29) is 10.7 Å². The van der Waals surface area contributed by atoms with Crippen molar-refractivity contribution in [1.82, 2.24) is 20.4 Å². The Morgan fingerprint density at radius 2 is 1.77 bits per heavy atom. The molecular formula is C17H20N6O2S. The molecule has 0 atom stereocenters. The van der Waals surface area contributed by atoms with E-state index in [0.29, 0.717) is 23.8 Å². The fourth-order valence-electron chi connectivity index (χ4n) is 2.62. The number of benzene rings is 1. The van der Waals surface area contributed by atoms with Crippen LogP contribution in [0.25, 0.3) is 0 Å². The molecule has 8 nitrogen and oxygen atoms in total. The normalized spacial score (nSPS) is 11.3. The molecule has 0 aliphatic rings. The van der Waals surface area contributed by atoms with Gasteiger partial charge in [0, 0.05) is 6.54 Å². The highest BCUT2D eigenvalue weighted by atomic mass is 32.2. The van der Waals surface area contributed by atoms with E-state index >= 15 is 0 Å². The highest BCUT2D eigenvalue weighted by Crippen LogP contribution is 2.20. The number of hydrogen-bond donors (Lipinski definition) is 3. The molecule has 0 fully saturated rings. The number of aromatic nitrogens is 4. The zero-order chi connectivity index (χ0) is 18.7. The van der Waals surface area contributed by atoms with Crippen molar-refractivity contribution in [2.24, 2.45) is 0 Å². The van der Waals surface area contributed by atoms with Crippen LogP contribution in [0, 0.1) is 20.8 Å². The molecule has 2 aromatic heterocycles. The van der Waals surface area contributed by atoms with Crippen LogP contribution < -0.4 is 10.0 Å². The van der Waals surface area contributed by atoms with Gasteiger partial charge in [-0.2, -0.15) is 5.10 Å². The minimum Gasteiger partial charge on any atom is -0.365 e. The third-order valence-corrected chi connectivity index (χ3v) is 5.41. The van der Waals surface area contributed by atoms with Crippen molar-refractivity contribution in [2.45, 2.75) is 32.2 Å². The van der Waals surface area contributed by atoms with Gasteiger partial charge in [-0.25, -0.2) is 8.42 Å². The number of nitrogens with one attached hydrogen (secondary N) is 3. The average Bonchev–Trinajstić information content (AvgIpc) is 2.93. The van der Waals surface area contributed by atoms with Gasteiger partial charge in [-0.15, -0.1) is 10.2 Å². The minimum atomic E-state index is -3.77. The first-order valence-electron chi connectivity index (χ1n) is 8.03. The molecule has 136 valence electrons. The molecule has 0 bridgehead atoms. The van der Waals surface area contributed by atoms with E-state index in [1.54, 1.807) is 26.0 Å². The summed E-state index contributed by atoms with van der Waals surface area (Å²) in [6.07, 6.45) is 0. The quantitative estimate of drug-likeness (QED) is 0.613. The lowest BCUT2D eigenvalue weighted by Gasteiger charge is -2.09. The second-order valence-corrected chi connectivity index (χ2v) is 7.63. The Balaban J connectivity index is 1.68. The summed E-state index contributed by atoms with van der Waals surface area (Å²) >= 11 is 0. The first kappa shape index (κ1) is 17.9. The number of rotatable bonds is 6. The molecule has 0 aliphatic heterocycles. The molecule has 9 heteroatoms. The lowest BCUT2D eigenvalue weighted by molar-refractivity contribution is 0.600. The lowest BCUT2D eigenvalue weighted by Crippen LogP contribution is -2.16. The van der Waals surface area contributed by atoms with Crippen molar-refractivity contribution in [2.75, 3.05) is 10.0 Å². The van der Waals surface area contributed by atoms with Crippen molar-refractivity contribution in [3.63, 3.8) is 0 Å². The Morgan fingerprint density at radius 1 is 1.04 bits per heavy atom. The van der Waals surface area contributed by atoms with Crippen LogP contribution in [0.5, 0.6) is 0 Å². The molecule has 0 aliphatic carbocycles. The largest absolute Gasteiger partial charge is 0.365 e. The van der Waals surface area contributed by atoms with Crippen LogP contribution in [-0.2, 0) is 16.6 Å². The number of hydrogen-bond acceptors (Lipinski definition) is 6. The van der Waals surface area contributed by atoms with Crippen LogP contribution in [0.4, 0.5) is 11.6 Å². The van der Waals surface area contributed by atoms with E-state index in [0.717, 1.165) is 5.56 Å². The number of sulfonamides is 1. The zero-order valence-electron chi connectivity index (χ0n) is 14.7. The molecule has 0 saturated carbocycles. The maximum absolute atomic E-state index is 12.5. The summed E-state index contributed by atoms with van der Waals surface area (Å²) in [5.41, 5.74) is 3.19. The van der Waals surface area contributed by atoms with E-state index in [1.165, 1.54) is 5.56 Å². The standard InChI is InChI=1S/C17H20N6O2S/c1-11-5-4-6-14(9-11)10-18-15-7-8-16(22-21-15)23-26(24,25)17-12(2)19-20-13(17)3/h4-9H,10H2,1-3H3,(H,18,21)(H,19,20)(H,22,23). The summed E-state index contributed by atoms with van der Waals surface area (Å²) in [5, 5.41) is 17.7. The minimum absolute atomic E-state index is 0.126. The van der Waals surface area contributed by atoms with Gasteiger partial charge in [0.1, 0.15) is 10.7 Å². The van der Waals surface area contributed by atoms with Gasteiger partial charge in [0.05, 0.1) is 11.4 Å². The molecule has 1 aromatic carbocycles. The highest BCUT2D eigenvalue weighted by molar-refractivity contribution is 7.92. The molecule has 0 amide bonds. The van der Waals surface area contributed by atoms with Crippen molar-refractivity contribution in [3.8, 4) is 0 Å². The molecule has 26 heavy (non-hydrogen) atoms. The summed E-state index contributed by atoms with van der Waals surface area (Å²) in [5.74, 6) is 0.705. The third-order valence-electron chi connectivity index (χ3n) is 3.79. The SMILES string of the molecule is Cc1cccc(CNc2ccc(NS(=O)(=O)c3c(C)n[nH]c3C)nn2)c1. The van der Waals surface area contributed by atoms with Gasteiger partial charge < -0.3 is 5.32 Å². The van der Waals surface area contributed by atoms with Crippen molar-refractivity contribution in [3.05, 3.63) is 58.9 Å². The Morgan fingerprint density at radius 3 is 2.38 bits per heavy atom. The second kappa shape index (κ2) is 7.12. The fraction of sp³-hybridized carbons (Fsp3) is 0.235. The van der Waals surface area contributed by atoms with Crippen molar-refractivity contribution < 1.29 is 8.42 Å². The van der Waals surface area contributed by atoms with Gasteiger partial charge in [-0.3, -0.25) is 9.82 Å². The highest BCUT2D eigenvalue weighted by Gasteiger charge is 2.22. The maximum atomic E-state index is 12.5. The van der Waals surface area contributed by atoms with E-state index in [1.807, 2.05) is 25.1 Å². The van der Waals surface area contributed by atoms with E-state index in [9.17, 15) is 8.42 Å². The molecule has 0 saturated heterocycles. The Kier molecular flexibility index (Phi) is 4.90. The van der Waals surface area contributed by atoms with Gasteiger partial charge in [0.15, 0.2) is 5.82 Å². The number of H-pyrrole nitrogens is 1. The summed E-state index contributed by atoms with van der Waals surface area (Å²) in [4.78, 5) is 0.126. The average molecular weight is 372 g/mol. The smallest absolute Gasteiger partial charge is 0.266 e. The Bertz CT molecular complexity index is 992. The zero-order valence-corrected chi connectivity index (χ0v) is 15.6. The monoisotopic (exact) mass is 372 g/mol. The maximum Gasteiger partial charge on any atom is 0.266 e.